The van der Waals surface area contributed by atoms with Crippen molar-refractivity contribution in [3.63, 3.8) is 0 Å². The van der Waals surface area contributed by atoms with Gasteiger partial charge in [0, 0.05) is 6.42 Å². The summed E-state index contributed by atoms with van der Waals surface area (Å²) in [6, 6.07) is 8.56. The molecular weight excluding hydrogens is 330 g/mol. The fourth-order valence-corrected chi connectivity index (χ4v) is 5.14. The maximum atomic E-state index is 12.8. The van der Waals surface area contributed by atoms with Gasteiger partial charge in [-0.25, -0.2) is 0 Å². The van der Waals surface area contributed by atoms with E-state index in [1.807, 2.05) is 0 Å². The lowest BCUT2D eigenvalue weighted by atomic mass is 9.98. The normalized spacial score (nSPS) is 22.2. The van der Waals surface area contributed by atoms with Gasteiger partial charge < -0.3 is 15.5 Å². The number of thiophene rings is 1. The Bertz CT molecular complexity index is 794. The highest BCUT2D eigenvalue weighted by Gasteiger charge is 2.34. The molecule has 1 aromatic carbocycles. The van der Waals surface area contributed by atoms with Gasteiger partial charge in [-0.05, 0) is 29.5 Å². The molecule has 2 aliphatic rings. The van der Waals surface area contributed by atoms with Crippen LogP contribution in [0, 0.1) is 0 Å². The topological polar surface area (TPSA) is 45.6 Å². The number of likely N-dealkylation sites (N-methyl/N-ethyl adjacent to an activating group) is 1. The molecule has 5 heteroatoms. The van der Waals surface area contributed by atoms with E-state index in [9.17, 15) is 4.79 Å². The van der Waals surface area contributed by atoms with Crippen LogP contribution >= 0.6 is 11.3 Å². The second kappa shape index (κ2) is 6.46. The molecule has 4 rings (SSSR count). The van der Waals surface area contributed by atoms with Gasteiger partial charge in [0.05, 0.1) is 23.5 Å². The summed E-state index contributed by atoms with van der Waals surface area (Å²) in [5.74, 6) is 0.590. The number of anilines is 1. The van der Waals surface area contributed by atoms with Crippen LogP contribution in [0.25, 0.3) is 0 Å². The van der Waals surface area contributed by atoms with Crippen molar-refractivity contribution in [2.75, 3.05) is 18.4 Å². The van der Waals surface area contributed by atoms with Gasteiger partial charge in [0.1, 0.15) is 17.7 Å². The number of rotatable bonds is 3. The number of quaternary nitrogens is 1. The zero-order valence-corrected chi connectivity index (χ0v) is 15.9. The molecule has 2 aliphatic heterocycles. The molecular formula is C20H26N3OS+. The van der Waals surface area contributed by atoms with Gasteiger partial charge in [-0.1, -0.05) is 38.1 Å². The summed E-state index contributed by atoms with van der Waals surface area (Å²) < 4.78 is 0. The molecule has 0 spiro atoms. The Hall–Kier alpha value is -1.85. The molecule has 1 unspecified atom stereocenters. The summed E-state index contributed by atoms with van der Waals surface area (Å²) in [6.45, 7) is 9.94. The number of hydrogen-bond donors (Lipinski definition) is 3. The van der Waals surface area contributed by atoms with Crippen LogP contribution in [0.3, 0.4) is 0 Å². The molecule has 2 aromatic rings. The molecule has 3 heterocycles. The SMILES string of the molecule is CC[NH+]1CCc2c(sc3c2C(=O)N[C@H](c2ccc(C(C)C)cc2)N3)C1. The van der Waals surface area contributed by atoms with E-state index in [0.29, 0.717) is 5.92 Å². The van der Waals surface area contributed by atoms with E-state index in [1.54, 1.807) is 16.2 Å². The maximum absolute atomic E-state index is 12.8. The van der Waals surface area contributed by atoms with E-state index in [0.717, 1.165) is 42.2 Å². The Labute approximate surface area is 153 Å². The molecule has 0 bridgehead atoms. The fraction of sp³-hybridized carbons (Fsp3) is 0.450. The zero-order chi connectivity index (χ0) is 17.6. The van der Waals surface area contributed by atoms with E-state index in [1.165, 1.54) is 16.0 Å². The van der Waals surface area contributed by atoms with Crippen molar-refractivity contribution in [2.24, 2.45) is 0 Å². The molecule has 25 heavy (non-hydrogen) atoms. The zero-order valence-electron chi connectivity index (χ0n) is 15.1. The average Bonchev–Trinajstić information content (AvgIpc) is 2.99. The molecule has 0 radical (unpaired) electrons. The minimum Gasteiger partial charge on any atom is -0.353 e. The van der Waals surface area contributed by atoms with Gasteiger partial charge in [-0.2, -0.15) is 0 Å². The Morgan fingerprint density at radius 2 is 2.00 bits per heavy atom. The highest BCUT2D eigenvalue weighted by atomic mass is 32.1. The van der Waals surface area contributed by atoms with Crippen LogP contribution in [0.2, 0.25) is 0 Å². The number of fused-ring (bicyclic) bond motifs is 3. The van der Waals surface area contributed by atoms with E-state index in [2.05, 4.69) is 55.7 Å². The van der Waals surface area contributed by atoms with Gasteiger partial charge >= 0.3 is 0 Å². The highest BCUT2D eigenvalue weighted by Crippen LogP contribution is 2.39. The monoisotopic (exact) mass is 356 g/mol. The van der Waals surface area contributed by atoms with Crippen molar-refractivity contribution in [3.8, 4) is 0 Å². The van der Waals surface area contributed by atoms with Gasteiger partial charge in [0.15, 0.2) is 0 Å². The van der Waals surface area contributed by atoms with Gasteiger partial charge in [0.25, 0.3) is 5.91 Å². The number of nitrogens with one attached hydrogen (secondary N) is 3. The van der Waals surface area contributed by atoms with Crippen molar-refractivity contribution < 1.29 is 9.69 Å². The molecule has 132 valence electrons. The van der Waals surface area contributed by atoms with Gasteiger partial charge in [-0.3, -0.25) is 4.79 Å². The molecule has 1 amide bonds. The van der Waals surface area contributed by atoms with Crippen LogP contribution in [0.15, 0.2) is 24.3 Å². The second-order valence-corrected chi connectivity index (χ2v) is 8.47. The van der Waals surface area contributed by atoms with Crippen molar-refractivity contribution in [2.45, 2.75) is 45.8 Å². The molecule has 3 N–H and O–H groups in total. The average molecular weight is 357 g/mol. The van der Waals surface area contributed by atoms with Crippen molar-refractivity contribution >= 4 is 22.2 Å². The number of carbonyl (C=O) groups is 1. The van der Waals surface area contributed by atoms with Crippen LogP contribution in [0.4, 0.5) is 5.00 Å². The standard InChI is InChI=1S/C20H25N3OS/c1-4-23-10-9-15-16(11-23)25-20-17(15)19(24)21-18(22-20)14-7-5-13(6-8-14)12(2)3/h5-8,12,18,22H,4,9-11H2,1-3H3,(H,21,24)/p+1/t18-/m0/s1. The van der Waals surface area contributed by atoms with E-state index in [-0.39, 0.29) is 12.1 Å². The second-order valence-electron chi connectivity index (χ2n) is 7.36. The lowest BCUT2D eigenvalue weighted by Crippen LogP contribution is -3.11. The quantitative estimate of drug-likeness (QED) is 0.792. The first-order valence-electron chi connectivity index (χ1n) is 9.22. The molecule has 0 saturated heterocycles. The third-order valence-corrected chi connectivity index (χ3v) is 6.61. The third-order valence-electron chi connectivity index (χ3n) is 5.44. The first-order valence-corrected chi connectivity index (χ1v) is 10.0. The Morgan fingerprint density at radius 3 is 2.68 bits per heavy atom. The Kier molecular flexibility index (Phi) is 4.29. The summed E-state index contributed by atoms with van der Waals surface area (Å²) in [7, 11) is 0. The van der Waals surface area contributed by atoms with Crippen LogP contribution in [0.1, 0.15) is 64.8 Å². The maximum Gasteiger partial charge on any atom is 0.256 e. The summed E-state index contributed by atoms with van der Waals surface area (Å²) in [4.78, 5) is 15.8. The van der Waals surface area contributed by atoms with E-state index >= 15 is 0 Å². The minimum atomic E-state index is -0.143. The summed E-state index contributed by atoms with van der Waals surface area (Å²) in [5, 5.41) is 7.75. The summed E-state index contributed by atoms with van der Waals surface area (Å²) in [6.07, 6.45) is 0.864. The van der Waals surface area contributed by atoms with E-state index in [4.69, 9.17) is 0 Å². The summed E-state index contributed by atoms with van der Waals surface area (Å²) in [5.41, 5.74) is 4.59. The van der Waals surface area contributed by atoms with Crippen LogP contribution in [0.5, 0.6) is 0 Å². The lowest BCUT2D eigenvalue weighted by Gasteiger charge is -2.27. The number of hydrogen-bond acceptors (Lipinski definition) is 3. The smallest absolute Gasteiger partial charge is 0.256 e. The number of benzene rings is 1. The predicted molar refractivity (Wildman–Crippen MR) is 102 cm³/mol. The van der Waals surface area contributed by atoms with Crippen LogP contribution in [-0.4, -0.2) is 19.0 Å². The molecule has 2 atom stereocenters. The fourth-order valence-electron chi connectivity index (χ4n) is 3.79. The van der Waals surface area contributed by atoms with Crippen LogP contribution in [-0.2, 0) is 13.0 Å². The molecule has 0 aliphatic carbocycles. The minimum absolute atomic E-state index is 0.0733. The molecule has 0 fully saturated rings. The lowest BCUT2D eigenvalue weighted by molar-refractivity contribution is -0.913. The third kappa shape index (κ3) is 2.96. The molecule has 1 aromatic heterocycles. The Balaban J connectivity index is 1.61. The molecule has 4 nitrogen and oxygen atoms in total. The van der Waals surface area contributed by atoms with E-state index < -0.39 is 0 Å². The molecule has 0 saturated carbocycles. The van der Waals surface area contributed by atoms with Crippen molar-refractivity contribution in [3.05, 3.63) is 51.4 Å². The van der Waals surface area contributed by atoms with Gasteiger partial charge in [0.2, 0.25) is 0 Å². The summed E-state index contributed by atoms with van der Waals surface area (Å²) >= 11 is 1.77. The number of carbonyl (C=O) groups excluding carboxylic acids is 1. The highest BCUT2D eigenvalue weighted by molar-refractivity contribution is 7.16. The van der Waals surface area contributed by atoms with Crippen molar-refractivity contribution in [1.82, 2.24) is 5.32 Å². The first kappa shape index (κ1) is 16.6. The van der Waals surface area contributed by atoms with Crippen molar-refractivity contribution in [1.29, 1.82) is 0 Å². The Morgan fingerprint density at radius 1 is 1.24 bits per heavy atom. The van der Waals surface area contributed by atoms with Gasteiger partial charge in [-0.15, -0.1) is 11.3 Å². The largest absolute Gasteiger partial charge is 0.353 e. The van der Waals surface area contributed by atoms with Crippen LogP contribution < -0.4 is 15.5 Å². The first-order chi connectivity index (χ1) is 12.1. The predicted octanol–water partition coefficient (Wildman–Crippen LogP) is 2.69. The number of amides is 1.